The third kappa shape index (κ3) is 4.37. The Morgan fingerprint density at radius 2 is 2.12 bits per heavy atom. The summed E-state index contributed by atoms with van der Waals surface area (Å²) >= 11 is 3.35. The highest BCUT2D eigenvalue weighted by Crippen LogP contribution is 2.33. The van der Waals surface area contributed by atoms with E-state index in [0.29, 0.717) is 6.54 Å². The number of carbonyl (C=O) groups is 1. The first kappa shape index (κ1) is 18.5. The van der Waals surface area contributed by atoms with Crippen molar-refractivity contribution in [2.24, 2.45) is 0 Å². The summed E-state index contributed by atoms with van der Waals surface area (Å²) in [6.45, 7) is 7.99. The number of halogens is 1. The topological polar surface area (TPSA) is 81.9 Å². The molecule has 0 spiro atoms. The molecule has 0 aliphatic carbocycles. The molecule has 0 unspecified atom stereocenters. The van der Waals surface area contributed by atoms with Crippen molar-refractivity contribution in [3.8, 4) is 5.75 Å². The van der Waals surface area contributed by atoms with Gasteiger partial charge in [0.05, 0.1) is 11.0 Å². The van der Waals surface area contributed by atoms with Crippen molar-refractivity contribution in [2.45, 2.75) is 45.8 Å². The molecule has 8 heteroatoms. The summed E-state index contributed by atoms with van der Waals surface area (Å²) in [5, 5.41) is 11.2. The average molecular weight is 401 g/mol. The van der Waals surface area contributed by atoms with Gasteiger partial charge in [-0.15, -0.1) is 0 Å². The SMILES string of the molecule is Cc1cc([N+](=O)[O-])c(OC[C@@H]2CCN2C(=O)OC(C)(C)C)cc1Br. The number of hydrogen-bond donors (Lipinski definition) is 0. The van der Waals surface area contributed by atoms with Crippen molar-refractivity contribution in [2.75, 3.05) is 13.2 Å². The fourth-order valence-corrected chi connectivity index (χ4v) is 2.59. The monoisotopic (exact) mass is 400 g/mol. The minimum absolute atomic E-state index is 0.0844. The maximum absolute atomic E-state index is 12.1. The third-order valence-corrected chi connectivity index (χ3v) is 4.49. The van der Waals surface area contributed by atoms with Gasteiger partial charge in [-0.25, -0.2) is 4.79 Å². The van der Waals surface area contributed by atoms with Crippen LogP contribution in [0.25, 0.3) is 0 Å². The van der Waals surface area contributed by atoms with Crippen LogP contribution in [0, 0.1) is 17.0 Å². The van der Waals surface area contributed by atoms with Crippen molar-refractivity contribution in [1.29, 1.82) is 0 Å². The number of nitrogens with zero attached hydrogens (tertiary/aromatic N) is 2. The molecular formula is C16H21BrN2O5. The first-order chi connectivity index (χ1) is 11.1. The second-order valence-electron chi connectivity index (χ2n) is 6.75. The Labute approximate surface area is 149 Å². The van der Waals surface area contributed by atoms with E-state index in [4.69, 9.17) is 9.47 Å². The van der Waals surface area contributed by atoms with Crippen LogP contribution in [0.2, 0.25) is 0 Å². The Bertz CT molecular complexity index is 657. The number of amides is 1. The molecule has 1 saturated heterocycles. The quantitative estimate of drug-likeness (QED) is 0.562. The summed E-state index contributed by atoms with van der Waals surface area (Å²) in [7, 11) is 0. The summed E-state index contributed by atoms with van der Waals surface area (Å²) in [6, 6.07) is 2.91. The molecule has 7 nitrogen and oxygen atoms in total. The molecule has 132 valence electrons. The number of hydrogen-bond acceptors (Lipinski definition) is 5. The molecule has 1 heterocycles. The molecular weight excluding hydrogens is 380 g/mol. The summed E-state index contributed by atoms with van der Waals surface area (Å²) in [6.07, 6.45) is 0.391. The van der Waals surface area contributed by atoms with Gasteiger partial charge < -0.3 is 14.4 Å². The lowest BCUT2D eigenvalue weighted by molar-refractivity contribution is -0.386. The summed E-state index contributed by atoms with van der Waals surface area (Å²) in [5.41, 5.74) is 0.116. The lowest BCUT2D eigenvalue weighted by atomic mass is 10.1. The molecule has 1 fully saturated rings. The molecule has 24 heavy (non-hydrogen) atoms. The number of aryl methyl sites for hydroxylation is 1. The highest BCUT2D eigenvalue weighted by molar-refractivity contribution is 9.10. The molecule has 1 aromatic carbocycles. The van der Waals surface area contributed by atoms with Crippen LogP contribution in [0.1, 0.15) is 32.8 Å². The summed E-state index contributed by atoms with van der Waals surface area (Å²) < 4.78 is 11.7. The Balaban J connectivity index is 2.02. The van der Waals surface area contributed by atoms with E-state index in [9.17, 15) is 14.9 Å². The zero-order valence-electron chi connectivity index (χ0n) is 14.2. The van der Waals surface area contributed by atoms with Crippen LogP contribution >= 0.6 is 15.9 Å². The second-order valence-corrected chi connectivity index (χ2v) is 7.61. The molecule has 0 N–H and O–H groups in total. The van der Waals surface area contributed by atoms with Gasteiger partial charge in [-0.05, 0) is 39.7 Å². The zero-order valence-corrected chi connectivity index (χ0v) is 15.8. The van der Waals surface area contributed by atoms with E-state index < -0.39 is 10.5 Å². The number of likely N-dealkylation sites (tertiary alicyclic amines) is 1. The highest BCUT2D eigenvalue weighted by Gasteiger charge is 2.36. The van der Waals surface area contributed by atoms with E-state index in [1.165, 1.54) is 6.07 Å². The normalized spacial score (nSPS) is 17.2. The number of nitro groups is 1. The van der Waals surface area contributed by atoms with Crippen molar-refractivity contribution < 1.29 is 19.2 Å². The predicted octanol–water partition coefficient (Wildman–Crippen LogP) is 4.05. The van der Waals surface area contributed by atoms with Crippen molar-refractivity contribution in [1.82, 2.24) is 4.90 Å². The molecule has 1 aliphatic rings. The second kappa shape index (κ2) is 6.96. The van der Waals surface area contributed by atoms with Crippen molar-refractivity contribution in [3.63, 3.8) is 0 Å². The van der Waals surface area contributed by atoms with E-state index in [2.05, 4.69) is 15.9 Å². The Morgan fingerprint density at radius 1 is 1.46 bits per heavy atom. The number of rotatable bonds is 4. The van der Waals surface area contributed by atoms with Gasteiger partial charge in [0.1, 0.15) is 12.2 Å². The lowest BCUT2D eigenvalue weighted by Crippen LogP contribution is -2.55. The Morgan fingerprint density at radius 3 is 2.62 bits per heavy atom. The minimum Gasteiger partial charge on any atom is -0.485 e. The molecule has 0 radical (unpaired) electrons. The summed E-state index contributed by atoms with van der Waals surface area (Å²) in [4.78, 5) is 24.4. The van der Waals surface area contributed by atoms with Crippen LogP contribution in [-0.4, -0.2) is 40.7 Å². The van der Waals surface area contributed by atoms with Crippen LogP contribution in [0.15, 0.2) is 16.6 Å². The van der Waals surface area contributed by atoms with Crippen LogP contribution < -0.4 is 4.74 Å². The molecule has 1 aliphatic heterocycles. The van der Waals surface area contributed by atoms with E-state index in [1.54, 1.807) is 17.9 Å². The average Bonchev–Trinajstić information content (AvgIpc) is 2.38. The van der Waals surface area contributed by atoms with Crippen LogP contribution in [0.5, 0.6) is 5.75 Å². The molecule has 0 aromatic heterocycles. The van der Waals surface area contributed by atoms with Gasteiger partial charge in [0.15, 0.2) is 5.75 Å². The van der Waals surface area contributed by atoms with Gasteiger partial charge in [0.25, 0.3) is 0 Å². The van der Waals surface area contributed by atoms with E-state index >= 15 is 0 Å². The van der Waals surface area contributed by atoms with E-state index in [1.807, 2.05) is 20.8 Å². The maximum Gasteiger partial charge on any atom is 0.410 e. The van der Waals surface area contributed by atoms with Crippen LogP contribution in [-0.2, 0) is 4.74 Å². The molecule has 1 atom stereocenters. The number of ether oxygens (including phenoxy) is 2. The molecule has 0 saturated carbocycles. The molecule has 1 amide bonds. The van der Waals surface area contributed by atoms with Crippen LogP contribution in [0.3, 0.4) is 0 Å². The molecule has 1 aromatic rings. The lowest BCUT2D eigenvalue weighted by Gasteiger charge is -2.40. The summed E-state index contributed by atoms with van der Waals surface area (Å²) in [5.74, 6) is 0.188. The van der Waals surface area contributed by atoms with Crippen molar-refractivity contribution >= 4 is 27.7 Å². The highest BCUT2D eigenvalue weighted by atomic mass is 79.9. The molecule has 0 bridgehead atoms. The number of benzene rings is 1. The molecule has 2 rings (SSSR count). The van der Waals surface area contributed by atoms with Gasteiger partial charge in [-0.3, -0.25) is 10.1 Å². The Hall–Kier alpha value is -1.83. The zero-order chi connectivity index (χ0) is 18.1. The van der Waals surface area contributed by atoms with Gasteiger partial charge in [-0.2, -0.15) is 0 Å². The smallest absolute Gasteiger partial charge is 0.410 e. The standard InChI is InChI=1S/C16H21BrN2O5/c1-10-7-13(19(21)22)14(8-12(10)17)23-9-11-5-6-18(11)15(20)24-16(2,3)4/h7-8,11H,5-6,9H2,1-4H3/t11-/m0/s1. The fourth-order valence-electron chi connectivity index (χ4n) is 2.27. The largest absolute Gasteiger partial charge is 0.485 e. The van der Waals surface area contributed by atoms with Gasteiger partial charge in [0, 0.05) is 23.2 Å². The van der Waals surface area contributed by atoms with Crippen LogP contribution in [0.4, 0.5) is 10.5 Å². The van der Waals surface area contributed by atoms with Crippen molar-refractivity contribution in [3.05, 3.63) is 32.3 Å². The van der Waals surface area contributed by atoms with E-state index in [-0.39, 0.29) is 30.2 Å². The number of carbonyl (C=O) groups excluding carboxylic acids is 1. The maximum atomic E-state index is 12.1. The minimum atomic E-state index is -0.557. The van der Waals surface area contributed by atoms with Gasteiger partial charge in [0.2, 0.25) is 0 Å². The first-order valence-corrected chi connectivity index (χ1v) is 8.45. The Kier molecular flexibility index (Phi) is 5.37. The van der Waals surface area contributed by atoms with Gasteiger partial charge >= 0.3 is 11.8 Å². The third-order valence-electron chi connectivity index (χ3n) is 3.64. The number of nitro benzene ring substituents is 1. The van der Waals surface area contributed by atoms with E-state index in [0.717, 1.165) is 16.5 Å². The fraction of sp³-hybridized carbons (Fsp3) is 0.562. The predicted molar refractivity (Wildman–Crippen MR) is 92.4 cm³/mol. The van der Waals surface area contributed by atoms with Gasteiger partial charge in [-0.1, -0.05) is 15.9 Å². The first-order valence-electron chi connectivity index (χ1n) is 7.65.